The van der Waals surface area contributed by atoms with Crippen molar-refractivity contribution in [1.29, 1.82) is 0 Å². The van der Waals surface area contributed by atoms with E-state index >= 15 is 0 Å². The van der Waals surface area contributed by atoms with Crippen molar-refractivity contribution in [3.8, 4) is 11.3 Å². The summed E-state index contributed by atoms with van der Waals surface area (Å²) in [5, 5.41) is 7.22. The molecule has 5 rings (SSSR count). The van der Waals surface area contributed by atoms with E-state index in [1.54, 1.807) is 0 Å². The molecule has 0 atom stereocenters. The Morgan fingerprint density at radius 3 is 2.84 bits per heavy atom. The first-order chi connectivity index (χ1) is 15.1. The summed E-state index contributed by atoms with van der Waals surface area (Å²) in [4.78, 5) is 24.2. The molecule has 0 aromatic carbocycles. The second-order valence-corrected chi connectivity index (χ2v) is 9.13. The molecule has 0 bridgehead atoms. The van der Waals surface area contributed by atoms with Crippen molar-refractivity contribution in [2.24, 2.45) is 0 Å². The average Bonchev–Trinajstić information content (AvgIpc) is 3.57. The molecule has 1 saturated heterocycles. The van der Waals surface area contributed by atoms with Gasteiger partial charge in [-0.25, -0.2) is 14.8 Å². The Bertz CT molecular complexity index is 953. The van der Waals surface area contributed by atoms with Gasteiger partial charge in [-0.1, -0.05) is 19.3 Å². The Hall–Kier alpha value is -2.67. The molecule has 164 valence electrons. The Morgan fingerprint density at radius 2 is 2.06 bits per heavy atom. The molecule has 3 heterocycles. The smallest absolute Gasteiger partial charge is 0.338 e. The number of esters is 1. The van der Waals surface area contributed by atoms with Crippen LogP contribution in [0.3, 0.4) is 0 Å². The molecule has 3 aliphatic rings. The summed E-state index contributed by atoms with van der Waals surface area (Å²) in [5.41, 5.74) is 2.49. The van der Waals surface area contributed by atoms with Gasteiger partial charge in [0.2, 0.25) is 0 Å². The Morgan fingerprint density at radius 1 is 1.23 bits per heavy atom. The molecule has 2 saturated carbocycles. The SMILES string of the molecule is COC(=O)c1cc(-c2ccnc(NC3CCCCC3)c2)nc(N2CCNC3(CC3)C2)c1. The number of anilines is 2. The molecule has 2 aliphatic carbocycles. The lowest BCUT2D eigenvalue weighted by molar-refractivity contribution is 0.0600. The molecule has 0 amide bonds. The maximum atomic E-state index is 12.4. The van der Waals surface area contributed by atoms with Crippen LogP contribution < -0.4 is 15.5 Å². The third-order valence-corrected chi connectivity index (χ3v) is 6.80. The molecule has 2 aromatic heterocycles. The van der Waals surface area contributed by atoms with Crippen molar-refractivity contribution in [1.82, 2.24) is 15.3 Å². The molecule has 31 heavy (non-hydrogen) atoms. The maximum absolute atomic E-state index is 12.4. The predicted octanol–water partition coefficient (Wildman–Crippen LogP) is 3.62. The Kier molecular flexibility index (Phi) is 5.52. The molecule has 0 unspecified atom stereocenters. The van der Waals surface area contributed by atoms with Gasteiger partial charge in [0.15, 0.2) is 0 Å². The van der Waals surface area contributed by atoms with Gasteiger partial charge in [-0.05, 0) is 49.9 Å². The van der Waals surface area contributed by atoms with Crippen molar-refractivity contribution < 1.29 is 9.53 Å². The fourth-order valence-corrected chi connectivity index (χ4v) is 4.82. The first kappa shape index (κ1) is 20.2. The number of nitrogens with one attached hydrogen (secondary N) is 2. The summed E-state index contributed by atoms with van der Waals surface area (Å²) in [6.07, 6.45) is 10.5. The van der Waals surface area contributed by atoms with Gasteiger partial charge in [-0.2, -0.15) is 0 Å². The summed E-state index contributed by atoms with van der Waals surface area (Å²) >= 11 is 0. The molecular formula is C24H31N5O2. The van der Waals surface area contributed by atoms with Crippen LogP contribution in [0.1, 0.15) is 55.3 Å². The van der Waals surface area contributed by atoms with E-state index in [0.29, 0.717) is 11.6 Å². The van der Waals surface area contributed by atoms with Gasteiger partial charge < -0.3 is 20.3 Å². The molecule has 3 fully saturated rings. The highest BCUT2D eigenvalue weighted by Gasteiger charge is 2.45. The molecule has 1 spiro atoms. The topological polar surface area (TPSA) is 79.4 Å². The van der Waals surface area contributed by atoms with E-state index in [1.807, 2.05) is 30.5 Å². The monoisotopic (exact) mass is 421 g/mol. The summed E-state index contributed by atoms with van der Waals surface area (Å²) in [6.45, 7) is 2.74. The van der Waals surface area contributed by atoms with Crippen LogP contribution in [0.4, 0.5) is 11.6 Å². The number of ether oxygens (including phenoxy) is 1. The average molecular weight is 422 g/mol. The number of carbonyl (C=O) groups is 1. The number of piperazine rings is 1. The minimum Gasteiger partial charge on any atom is -0.465 e. The number of nitrogens with zero attached hydrogens (tertiary/aromatic N) is 3. The second kappa shape index (κ2) is 8.46. The van der Waals surface area contributed by atoms with Crippen LogP contribution >= 0.6 is 0 Å². The van der Waals surface area contributed by atoms with Crippen molar-refractivity contribution >= 4 is 17.6 Å². The molecule has 7 nitrogen and oxygen atoms in total. The zero-order chi connectivity index (χ0) is 21.3. The number of aromatic nitrogens is 2. The van der Waals surface area contributed by atoms with Crippen LogP contribution in [0.25, 0.3) is 11.3 Å². The minimum atomic E-state index is -0.337. The van der Waals surface area contributed by atoms with Crippen LogP contribution in [0, 0.1) is 0 Å². The Balaban J connectivity index is 1.45. The normalized spacial score (nSPS) is 20.5. The number of methoxy groups -OCH3 is 1. The number of rotatable bonds is 5. The van der Waals surface area contributed by atoms with E-state index < -0.39 is 0 Å². The van der Waals surface area contributed by atoms with Crippen LogP contribution in [0.5, 0.6) is 0 Å². The van der Waals surface area contributed by atoms with Crippen LogP contribution in [0.15, 0.2) is 30.5 Å². The van der Waals surface area contributed by atoms with E-state index in [-0.39, 0.29) is 11.5 Å². The van der Waals surface area contributed by atoms with Gasteiger partial charge in [0.25, 0.3) is 0 Å². The third kappa shape index (κ3) is 4.51. The highest BCUT2D eigenvalue weighted by molar-refractivity contribution is 5.91. The van der Waals surface area contributed by atoms with Crippen molar-refractivity contribution in [2.75, 3.05) is 37.0 Å². The van der Waals surface area contributed by atoms with E-state index in [1.165, 1.54) is 52.1 Å². The lowest BCUT2D eigenvalue weighted by atomic mass is 9.95. The Labute approximate surface area is 183 Å². The molecule has 1 aliphatic heterocycles. The first-order valence-corrected chi connectivity index (χ1v) is 11.5. The lowest BCUT2D eigenvalue weighted by Gasteiger charge is -2.35. The second-order valence-electron chi connectivity index (χ2n) is 9.13. The number of hydrogen-bond acceptors (Lipinski definition) is 7. The molecule has 0 radical (unpaired) electrons. The van der Waals surface area contributed by atoms with Crippen LogP contribution in [-0.4, -0.2) is 54.3 Å². The van der Waals surface area contributed by atoms with Gasteiger partial charge in [0, 0.05) is 43.0 Å². The van der Waals surface area contributed by atoms with Crippen molar-refractivity contribution in [2.45, 2.75) is 56.5 Å². The number of pyridine rings is 2. The fourth-order valence-electron chi connectivity index (χ4n) is 4.82. The van der Waals surface area contributed by atoms with E-state index in [9.17, 15) is 4.79 Å². The zero-order valence-electron chi connectivity index (χ0n) is 18.2. The number of carbonyl (C=O) groups excluding carboxylic acids is 1. The fraction of sp³-hybridized carbons (Fsp3) is 0.542. The molecule has 2 aromatic rings. The van der Waals surface area contributed by atoms with Gasteiger partial charge in [0.05, 0.1) is 18.4 Å². The predicted molar refractivity (Wildman–Crippen MR) is 121 cm³/mol. The molecule has 7 heteroatoms. The third-order valence-electron chi connectivity index (χ3n) is 6.80. The quantitative estimate of drug-likeness (QED) is 0.714. The van der Waals surface area contributed by atoms with Crippen LogP contribution in [-0.2, 0) is 4.74 Å². The summed E-state index contributed by atoms with van der Waals surface area (Å²) < 4.78 is 5.02. The van der Waals surface area contributed by atoms with Crippen molar-refractivity contribution in [3.63, 3.8) is 0 Å². The highest BCUT2D eigenvalue weighted by atomic mass is 16.5. The standard InChI is InChI=1S/C24H31N5O2/c1-31-23(30)18-13-20(28-22(15-18)29-12-11-26-24(16-29)8-9-24)17-7-10-25-21(14-17)27-19-5-3-2-4-6-19/h7,10,13-15,19,26H,2-6,8-9,11-12,16H2,1H3,(H,25,27). The maximum Gasteiger partial charge on any atom is 0.338 e. The van der Waals surface area contributed by atoms with E-state index in [2.05, 4.69) is 20.5 Å². The van der Waals surface area contributed by atoms with Gasteiger partial charge >= 0.3 is 5.97 Å². The highest BCUT2D eigenvalue weighted by Crippen LogP contribution is 2.39. The van der Waals surface area contributed by atoms with E-state index in [4.69, 9.17) is 9.72 Å². The lowest BCUT2D eigenvalue weighted by Crippen LogP contribution is -2.52. The summed E-state index contributed by atoms with van der Waals surface area (Å²) in [7, 11) is 1.42. The number of hydrogen-bond donors (Lipinski definition) is 2. The van der Waals surface area contributed by atoms with Gasteiger partial charge in [-0.3, -0.25) is 0 Å². The van der Waals surface area contributed by atoms with Gasteiger partial charge in [-0.15, -0.1) is 0 Å². The zero-order valence-corrected chi connectivity index (χ0v) is 18.2. The minimum absolute atomic E-state index is 0.231. The van der Waals surface area contributed by atoms with Crippen LogP contribution in [0.2, 0.25) is 0 Å². The molecular weight excluding hydrogens is 390 g/mol. The first-order valence-electron chi connectivity index (χ1n) is 11.5. The van der Waals surface area contributed by atoms with E-state index in [0.717, 1.165) is 42.5 Å². The molecule has 2 N–H and O–H groups in total. The summed E-state index contributed by atoms with van der Waals surface area (Å²) in [5.74, 6) is 1.37. The summed E-state index contributed by atoms with van der Waals surface area (Å²) in [6, 6.07) is 8.17. The largest absolute Gasteiger partial charge is 0.465 e. The van der Waals surface area contributed by atoms with Crippen molar-refractivity contribution in [3.05, 3.63) is 36.0 Å². The van der Waals surface area contributed by atoms with Gasteiger partial charge in [0.1, 0.15) is 11.6 Å².